The van der Waals surface area contributed by atoms with E-state index in [0.717, 1.165) is 9.24 Å². The Balaban J connectivity index is 2.14. The molecule has 0 fully saturated rings. The molecule has 0 aliphatic heterocycles. The Hall–Kier alpha value is -1.33. The molecule has 5 heteroatoms. The molecular formula is C11H9NO2S2. The maximum absolute atomic E-state index is 10.7. The summed E-state index contributed by atoms with van der Waals surface area (Å²) in [6.45, 7) is 2.03. The summed E-state index contributed by atoms with van der Waals surface area (Å²) < 4.78 is 0.751. The summed E-state index contributed by atoms with van der Waals surface area (Å²) in [4.78, 5) is 16.1. The average molecular weight is 251 g/mol. The second-order valence-corrected chi connectivity index (χ2v) is 5.56. The third kappa shape index (κ3) is 2.62. The summed E-state index contributed by atoms with van der Waals surface area (Å²) >= 11 is 2.67. The van der Waals surface area contributed by atoms with Gasteiger partial charge in [0.2, 0.25) is 0 Å². The third-order valence-corrected chi connectivity index (χ3v) is 3.99. The molecule has 1 N–H and O–H groups in total. The van der Waals surface area contributed by atoms with E-state index in [1.807, 2.05) is 31.2 Å². The molecule has 0 unspecified atom stereocenters. The van der Waals surface area contributed by atoms with Crippen molar-refractivity contribution in [3.8, 4) is 0 Å². The zero-order chi connectivity index (χ0) is 11.5. The number of hydrogen-bond donors (Lipinski definition) is 1. The number of carboxylic acids is 1. The maximum atomic E-state index is 10.7. The van der Waals surface area contributed by atoms with E-state index in [1.54, 1.807) is 0 Å². The van der Waals surface area contributed by atoms with Crippen LogP contribution in [-0.4, -0.2) is 16.1 Å². The van der Waals surface area contributed by atoms with E-state index < -0.39 is 5.97 Å². The van der Waals surface area contributed by atoms with Crippen LogP contribution in [0.2, 0.25) is 0 Å². The molecule has 0 aliphatic carbocycles. The smallest absolute Gasteiger partial charge is 0.347 e. The van der Waals surface area contributed by atoms with E-state index in [2.05, 4.69) is 4.98 Å². The van der Waals surface area contributed by atoms with Crippen LogP contribution in [0.15, 0.2) is 39.7 Å². The van der Waals surface area contributed by atoms with Crippen LogP contribution >= 0.6 is 23.1 Å². The van der Waals surface area contributed by atoms with Crippen LogP contribution in [0.3, 0.4) is 0 Å². The Morgan fingerprint density at radius 1 is 1.38 bits per heavy atom. The van der Waals surface area contributed by atoms with E-state index in [0.29, 0.717) is 0 Å². The van der Waals surface area contributed by atoms with Gasteiger partial charge in [0, 0.05) is 4.90 Å². The van der Waals surface area contributed by atoms with Gasteiger partial charge in [-0.2, -0.15) is 0 Å². The van der Waals surface area contributed by atoms with E-state index in [4.69, 9.17) is 5.11 Å². The van der Waals surface area contributed by atoms with Gasteiger partial charge in [-0.15, -0.1) is 11.3 Å². The van der Waals surface area contributed by atoms with Crippen molar-refractivity contribution in [2.45, 2.75) is 16.2 Å². The van der Waals surface area contributed by atoms with Gasteiger partial charge in [-0.25, -0.2) is 9.78 Å². The van der Waals surface area contributed by atoms with E-state index in [9.17, 15) is 4.79 Å². The second-order valence-electron chi connectivity index (χ2n) is 3.21. The van der Waals surface area contributed by atoms with Crippen LogP contribution < -0.4 is 0 Å². The molecule has 0 saturated heterocycles. The molecule has 1 heterocycles. The number of rotatable bonds is 3. The lowest BCUT2D eigenvalue weighted by atomic mass is 10.2. The summed E-state index contributed by atoms with van der Waals surface area (Å²) in [6, 6.07) is 8.05. The molecule has 0 amide bonds. The first-order valence-corrected chi connectivity index (χ1v) is 6.22. The fraction of sp³-hybridized carbons (Fsp3) is 0.0909. The predicted molar refractivity (Wildman–Crippen MR) is 64.4 cm³/mol. The summed E-state index contributed by atoms with van der Waals surface area (Å²) in [5, 5.41) is 8.76. The summed E-state index contributed by atoms with van der Waals surface area (Å²) in [7, 11) is 0. The molecule has 0 bridgehead atoms. The molecule has 1 aromatic heterocycles. The quantitative estimate of drug-likeness (QED) is 0.909. The molecule has 0 aliphatic rings. The highest BCUT2D eigenvalue weighted by Crippen LogP contribution is 2.31. The van der Waals surface area contributed by atoms with Gasteiger partial charge in [0.15, 0.2) is 4.34 Å². The van der Waals surface area contributed by atoms with Crippen molar-refractivity contribution in [3.05, 3.63) is 40.9 Å². The highest BCUT2D eigenvalue weighted by atomic mass is 32.2. The zero-order valence-electron chi connectivity index (χ0n) is 8.51. The molecule has 0 atom stereocenters. The minimum Gasteiger partial charge on any atom is -0.477 e. The van der Waals surface area contributed by atoms with Crippen LogP contribution in [0.25, 0.3) is 0 Å². The van der Waals surface area contributed by atoms with Crippen molar-refractivity contribution in [2.75, 3.05) is 0 Å². The number of thiazole rings is 1. The number of carboxylic acid groups (broad SMARTS) is 1. The Morgan fingerprint density at radius 2 is 2.06 bits per heavy atom. The third-order valence-electron chi connectivity index (χ3n) is 1.92. The second kappa shape index (κ2) is 4.67. The van der Waals surface area contributed by atoms with Crippen molar-refractivity contribution >= 4 is 29.1 Å². The summed E-state index contributed by atoms with van der Waals surface area (Å²) in [6.07, 6.45) is 1.39. The normalized spacial score (nSPS) is 10.3. The number of aromatic carboxylic acids is 1. The van der Waals surface area contributed by atoms with Crippen LogP contribution in [-0.2, 0) is 0 Å². The molecule has 16 heavy (non-hydrogen) atoms. The minimum absolute atomic E-state index is 0.273. The highest BCUT2D eigenvalue weighted by molar-refractivity contribution is 8.01. The molecule has 2 rings (SSSR count). The number of hydrogen-bond acceptors (Lipinski definition) is 4. The van der Waals surface area contributed by atoms with Gasteiger partial charge in [0.25, 0.3) is 0 Å². The Bertz CT molecular complexity index is 505. The standard InChI is InChI=1S/C11H9NO2S2/c1-7-2-4-8(5-3-7)15-11-12-6-9(16-11)10(13)14/h2-6H,1H3,(H,13,14). The topological polar surface area (TPSA) is 50.2 Å². The van der Waals surface area contributed by atoms with E-state index in [1.165, 1.54) is 34.9 Å². The highest BCUT2D eigenvalue weighted by Gasteiger charge is 2.09. The molecule has 1 aromatic carbocycles. The molecular weight excluding hydrogens is 242 g/mol. The number of carbonyl (C=O) groups is 1. The van der Waals surface area contributed by atoms with Gasteiger partial charge in [-0.1, -0.05) is 29.5 Å². The van der Waals surface area contributed by atoms with Crippen molar-refractivity contribution in [3.63, 3.8) is 0 Å². The first kappa shape index (κ1) is 11.2. The van der Waals surface area contributed by atoms with Gasteiger partial charge in [0.05, 0.1) is 6.20 Å². The lowest BCUT2D eigenvalue weighted by Crippen LogP contribution is -1.89. The lowest BCUT2D eigenvalue weighted by Gasteiger charge is -1.97. The van der Waals surface area contributed by atoms with Gasteiger partial charge in [0.1, 0.15) is 4.88 Å². The van der Waals surface area contributed by atoms with Crippen molar-refractivity contribution in [2.24, 2.45) is 0 Å². The van der Waals surface area contributed by atoms with Crippen LogP contribution in [0.4, 0.5) is 0 Å². The first-order chi connectivity index (χ1) is 7.65. The predicted octanol–water partition coefficient (Wildman–Crippen LogP) is 3.30. The Morgan fingerprint density at radius 3 is 2.62 bits per heavy atom. The van der Waals surface area contributed by atoms with Gasteiger partial charge in [-0.05, 0) is 19.1 Å². The number of aromatic nitrogens is 1. The Labute approximate surface area is 101 Å². The van der Waals surface area contributed by atoms with Crippen LogP contribution in [0.1, 0.15) is 15.2 Å². The lowest BCUT2D eigenvalue weighted by molar-refractivity contribution is 0.0702. The fourth-order valence-electron chi connectivity index (χ4n) is 1.11. The zero-order valence-corrected chi connectivity index (χ0v) is 10.1. The number of benzene rings is 1. The average Bonchev–Trinajstić information content (AvgIpc) is 2.70. The molecule has 0 saturated carbocycles. The maximum Gasteiger partial charge on any atom is 0.347 e. The number of aryl methyl sites for hydroxylation is 1. The molecule has 0 radical (unpaired) electrons. The van der Waals surface area contributed by atoms with Crippen LogP contribution in [0, 0.1) is 6.92 Å². The SMILES string of the molecule is Cc1ccc(Sc2ncc(C(=O)O)s2)cc1. The van der Waals surface area contributed by atoms with Crippen molar-refractivity contribution in [1.29, 1.82) is 0 Å². The molecule has 0 spiro atoms. The minimum atomic E-state index is -0.923. The first-order valence-electron chi connectivity index (χ1n) is 4.59. The Kier molecular flexibility index (Phi) is 3.26. The van der Waals surface area contributed by atoms with Gasteiger partial charge >= 0.3 is 5.97 Å². The molecule has 2 aromatic rings. The largest absolute Gasteiger partial charge is 0.477 e. The monoisotopic (exact) mass is 251 g/mol. The summed E-state index contributed by atoms with van der Waals surface area (Å²) in [5.41, 5.74) is 1.20. The summed E-state index contributed by atoms with van der Waals surface area (Å²) in [5.74, 6) is -0.923. The molecule has 3 nitrogen and oxygen atoms in total. The van der Waals surface area contributed by atoms with E-state index >= 15 is 0 Å². The van der Waals surface area contributed by atoms with Crippen molar-refractivity contribution in [1.82, 2.24) is 4.98 Å². The van der Waals surface area contributed by atoms with Gasteiger partial charge in [-0.3, -0.25) is 0 Å². The molecule has 82 valence electrons. The van der Waals surface area contributed by atoms with Gasteiger partial charge < -0.3 is 5.11 Å². The number of nitrogens with zero attached hydrogens (tertiary/aromatic N) is 1. The fourth-order valence-corrected chi connectivity index (χ4v) is 2.90. The van der Waals surface area contributed by atoms with E-state index in [-0.39, 0.29) is 4.88 Å². The van der Waals surface area contributed by atoms with Crippen molar-refractivity contribution < 1.29 is 9.90 Å². The van der Waals surface area contributed by atoms with Crippen LogP contribution in [0.5, 0.6) is 0 Å².